The molecule has 0 saturated carbocycles. The van der Waals surface area contributed by atoms with Crippen LogP contribution in [0, 0.1) is 5.41 Å². The standard InChI is InChI=1S/C56H76N18O11S2/c1-31(76)66-39(16-19-86)49(79)70-43(23-35-26-61-30-65-35)52(82)68-40(20-32-10-4-3-5-11-32)50(80)67-38(14-8-17-62-56(57)58)48(78)69-41(21-33-24-63-37-13-7-6-12-36(33)37)51(81)73-45(28-87)53(83)72-44(27-75)55(85)74-18-9-15-46(74)54(84)71-42(47(77)59-2)22-34-25-60-29-64-34/h3-7,10-13,24-26,29-30,38-46,63,75,86-87H,8-9,14-23,27-28H2,1-2H3,(H,59,77)(H,60,64)(H,61,65)(H,66,76)(H,67,80)(H,68,82)(H,69,78)(H,70,79)(H,71,84)(H,72,83)(H,73,81)(H4,57,58,62)/t38-,39-,40+,41-,42-,43-,44-,45-,46-/m0/s1. The van der Waals surface area contributed by atoms with Gasteiger partial charge in [-0.15, -0.1) is 0 Å². The zero-order valence-electron chi connectivity index (χ0n) is 48.0. The van der Waals surface area contributed by atoms with Gasteiger partial charge in [0.05, 0.1) is 30.6 Å². The largest absolute Gasteiger partial charge is 0.394 e. The van der Waals surface area contributed by atoms with E-state index in [4.69, 9.17) is 11.1 Å². The highest BCUT2D eigenvalue weighted by Gasteiger charge is 2.40. The number of carbonyl (C=O) groups excluding carboxylic acids is 10. The molecule has 0 spiro atoms. The van der Waals surface area contributed by atoms with E-state index in [0.717, 1.165) is 0 Å². The summed E-state index contributed by atoms with van der Waals surface area (Å²) >= 11 is 8.57. The lowest BCUT2D eigenvalue weighted by Crippen LogP contribution is -2.61. The normalized spacial score (nSPS) is 15.6. The number of nitrogens with zero attached hydrogens (tertiary/aromatic N) is 3. The molecule has 0 bridgehead atoms. The second-order valence-electron chi connectivity index (χ2n) is 20.6. The zero-order valence-corrected chi connectivity index (χ0v) is 49.8. The van der Waals surface area contributed by atoms with Crippen molar-refractivity contribution >= 4 is 101 Å². The zero-order chi connectivity index (χ0) is 63.0. The third-order valence-corrected chi connectivity index (χ3v) is 14.9. The molecule has 0 unspecified atom stereocenters. The summed E-state index contributed by atoms with van der Waals surface area (Å²) in [6.07, 6.45) is 7.90. The van der Waals surface area contributed by atoms with Gasteiger partial charge in [0.15, 0.2) is 5.96 Å². The molecule has 31 heteroatoms. The highest BCUT2D eigenvalue weighted by atomic mass is 32.1. The van der Waals surface area contributed by atoms with Crippen molar-refractivity contribution in [1.29, 1.82) is 5.41 Å². The Morgan fingerprint density at radius 3 is 1.75 bits per heavy atom. The summed E-state index contributed by atoms with van der Waals surface area (Å²) in [5.41, 5.74) is 8.31. The van der Waals surface area contributed by atoms with Crippen molar-refractivity contribution in [2.45, 2.75) is 119 Å². The van der Waals surface area contributed by atoms with Crippen LogP contribution < -0.4 is 58.9 Å². The predicted octanol–water partition coefficient (Wildman–Crippen LogP) is -2.97. The second-order valence-corrected chi connectivity index (χ2v) is 21.4. The second kappa shape index (κ2) is 33.7. The first-order chi connectivity index (χ1) is 41.8. The third kappa shape index (κ3) is 20.1. The fraction of sp³-hybridized carbons (Fsp3) is 0.446. The number of guanidine groups is 1. The van der Waals surface area contributed by atoms with Crippen LogP contribution in [-0.2, 0) is 73.6 Å². The number of nitrogens with two attached hydrogens (primary N) is 1. The highest BCUT2D eigenvalue weighted by Crippen LogP contribution is 2.21. The van der Waals surface area contributed by atoms with E-state index in [1.165, 1.54) is 37.7 Å². The van der Waals surface area contributed by atoms with Gasteiger partial charge in [-0.3, -0.25) is 53.4 Å². The van der Waals surface area contributed by atoms with Crippen molar-refractivity contribution in [1.82, 2.24) is 83.0 Å². The molecule has 1 aliphatic rings. The van der Waals surface area contributed by atoms with Crippen LogP contribution in [-0.4, -0.2) is 193 Å². The van der Waals surface area contributed by atoms with Gasteiger partial charge < -0.3 is 83.9 Å². The van der Waals surface area contributed by atoms with Crippen molar-refractivity contribution in [2.75, 3.05) is 38.2 Å². The molecule has 2 aromatic carbocycles. The van der Waals surface area contributed by atoms with Gasteiger partial charge >= 0.3 is 0 Å². The summed E-state index contributed by atoms with van der Waals surface area (Å²) < 4.78 is 0. The number of aliphatic hydroxyl groups excluding tert-OH is 1. The lowest BCUT2D eigenvalue weighted by Gasteiger charge is -2.30. The lowest BCUT2D eigenvalue weighted by atomic mass is 10.0. The molecule has 0 aliphatic carbocycles. The summed E-state index contributed by atoms with van der Waals surface area (Å²) in [6.45, 7) is 0.487. The number of likely N-dealkylation sites (tertiary alicyclic amines) is 1. The Morgan fingerprint density at radius 2 is 1.18 bits per heavy atom. The number of hydrogen-bond donors (Lipinski definition) is 18. The Balaban J connectivity index is 1.23. The monoisotopic (exact) mass is 1240 g/mol. The van der Waals surface area contributed by atoms with E-state index < -0.39 is 120 Å². The van der Waals surface area contributed by atoms with Crippen LogP contribution in [0.2, 0.25) is 0 Å². The average Bonchev–Trinajstić information content (AvgIpc) is 2.79. The molecule has 1 fully saturated rings. The number of nitrogens with one attached hydrogen (secondary N) is 14. The van der Waals surface area contributed by atoms with E-state index in [0.29, 0.717) is 39.8 Å². The van der Waals surface area contributed by atoms with Gasteiger partial charge in [-0.1, -0.05) is 48.5 Å². The molecule has 5 aromatic rings. The smallest absolute Gasteiger partial charge is 0.248 e. The molecule has 9 atom stereocenters. The Bertz CT molecular complexity index is 3150. The number of imidazole rings is 2. The maximum absolute atomic E-state index is 14.8. The molecule has 1 saturated heterocycles. The van der Waals surface area contributed by atoms with Crippen molar-refractivity contribution in [3.63, 3.8) is 0 Å². The molecular weight excluding hydrogens is 1160 g/mol. The molecule has 10 amide bonds. The molecule has 29 nitrogen and oxygen atoms in total. The van der Waals surface area contributed by atoms with Gasteiger partial charge in [-0.05, 0) is 55.1 Å². The number of amides is 10. The molecule has 4 heterocycles. The van der Waals surface area contributed by atoms with Crippen molar-refractivity contribution in [3.05, 3.63) is 108 Å². The molecule has 468 valence electrons. The van der Waals surface area contributed by atoms with E-state index >= 15 is 0 Å². The number of likely N-dealkylation sites (N-methyl/N-ethyl adjacent to an activating group) is 1. The number of benzene rings is 2. The van der Waals surface area contributed by atoms with E-state index in [2.05, 4.69) is 103 Å². The molecule has 6 rings (SSSR count). The number of hydrogen-bond acceptors (Lipinski definition) is 16. The Kier molecular flexibility index (Phi) is 26.0. The summed E-state index contributed by atoms with van der Waals surface area (Å²) in [4.78, 5) is 157. The number of rotatable bonds is 33. The highest BCUT2D eigenvalue weighted by molar-refractivity contribution is 7.80. The van der Waals surface area contributed by atoms with Crippen LogP contribution in [0.3, 0.4) is 0 Å². The van der Waals surface area contributed by atoms with Crippen LogP contribution in [0.15, 0.2) is 85.8 Å². The minimum absolute atomic E-state index is 0.0454. The van der Waals surface area contributed by atoms with E-state index in [-0.39, 0.29) is 81.9 Å². The Morgan fingerprint density at radius 1 is 0.655 bits per heavy atom. The average molecular weight is 1240 g/mol. The number of thiol groups is 2. The van der Waals surface area contributed by atoms with Crippen LogP contribution in [0.4, 0.5) is 0 Å². The van der Waals surface area contributed by atoms with Crippen LogP contribution >= 0.6 is 25.3 Å². The summed E-state index contributed by atoms with van der Waals surface area (Å²) in [7, 11) is 1.41. The maximum Gasteiger partial charge on any atom is 0.248 e. The Hall–Kier alpha value is -8.97. The van der Waals surface area contributed by atoms with Crippen molar-refractivity contribution in [2.24, 2.45) is 5.73 Å². The maximum atomic E-state index is 14.8. The summed E-state index contributed by atoms with van der Waals surface area (Å²) in [5.74, 6) is -8.02. The number of para-hydroxylation sites is 1. The number of aliphatic hydroxyl groups is 1. The van der Waals surface area contributed by atoms with Gasteiger partial charge in [-0.2, -0.15) is 25.3 Å². The lowest BCUT2D eigenvalue weighted by molar-refractivity contribution is -0.143. The van der Waals surface area contributed by atoms with E-state index in [1.807, 2.05) is 0 Å². The topological polar surface area (TPSA) is 437 Å². The van der Waals surface area contributed by atoms with Gasteiger partial charge in [0.1, 0.15) is 54.4 Å². The summed E-state index contributed by atoms with van der Waals surface area (Å²) in [6, 6.07) is 3.89. The first kappa shape index (κ1) is 67.2. The third-order valence-electron chi connectivity index (χ3n) is 14.3. The molecule has 0 radical (unpaired) electrons. The molecule has 1 aliphatic heterocycles. The van der Waals surface area contributed by atoms with Crippen molar-refractivity contribution < 1.29 is 53.1 Å². The number of aromatic nitrogens is 5. The number of H-pyrrole nitrogens is 3. The van der Waals surface area contributed by atoms with E-state index in [1.54, 1.807) is 67.0 Å². The van der Waals surface area contributed by atoms with Gasteiger partial charge in [0.25, 0.3) is 0 Å². The number of carbonyl (C=O) groups is 10. The SMILES string of the molecule is CNC(=O)[C@H](Cc1c[nH]cn1)NC(=O)[C@@H]1CCCN1C(=O)[C@H](CO)NC(=O)[C@H](CS)NC(=O)[C@H](Cc1c[nH]c2ccccc12)NC(=O)[C@H](CCCNC(=N)N)NC(=O)[C@@H](Cc1ccccc1)NC(=O)[C@H](Cc1c[nH]cn1)NC(=O)[C@H](CCS)NC(C)=O. The van der Waals surface area contributed by atoms with Crippen LogP contribution in [0.25, 0.3) is 10.9 Å². The van der Waals surface area contributed by atoms with Gasteiger partial charge in [0.2, 0.25) is 59.1 Å². The summed E-state index contributed by atoms with van der Waals surface area (Å²) in [5, 5.41) is 45.4. The van der Waals surface area contributed by atoms with Gasteiger partial charge in [0, 0.05) is 88.0 Å². The number of aromatic amines is 3. The molecule has 3 aromatic heterocycles. The van der Waals surface area contributed by atoms with Crippen LogP contribution in [0.1, 0.15) is 61.5 Å². The van der Waals surface area contributed by atoms with E-state index in [9.17, 15) is 53.1 Å². The minimum Gasteiger partial charge on any atom is -0.394 e. The molecule has 17 N–H and O–H groups in total. The molecule has 87 heavy (non-hydrogen) atoms. The molecular formula is C56H76N18O11S2. The Labute approximate surface area is 511 Å². The van der Waals surface area contributed by atoms with Crippen molar-refractivity contribution in [3.8, 4) is 0 Å². The first-order valence-corrected chi connectivity index (χ1v) is 29.5. The first-order valence-electron chi connectivity index (χ1n) is 28.2. The van der Waals surface area contributed by atoms with Gasteiger partial charge in [-0.25, -0.2) is 9.97 Å². The predicted molar refractivity (Wildman–Crippen MR) is 325 cm³/mol. The fourth-order valence-corrected chi connectivity index (χ4v) is 10.3. The number of fused-ring (bicyclic) bond motifs is 1. The minimum atomic E-state index is -1.60. The van der Waals surface area contributed by atoms with Crippen LogP contribution in [0.5, 0.6) is 0 Å². The fourth-order valence-electron chi connectivity index (χ4n) is 9.83. The quantitative estimate of drug-likeness (QED) is 0.00863.